The fourth-order valence-electron chi connectivity index (χ4n) is 0.720. The Kier molecular flexibility index (Phi) is 13.0. The minimum Gasteiger partial charge on any atom is -0.444 e. The minimum absolute atomic E-state index is 0. The summed E-state index contributed by atoms with van der Waals surface area (Å²) in [5, 5.41) is 8.39. The second-order valence-corrected chi connectivity index (χ2v) is 5.92. The summed E-state index contributed by atoms with van der Waals surface area (Å²) in [6.07, 6.45) is -0.701. The Balaban J connectivity index is -0.000000251. The first kappa shape index (κ1) is 22.6. The van der Waals surface area contributed by atoms with E-state index in [0.717, 1.165) is 22.1 Å². The molecule has 0 aromatic heterocycles. The number of nitrogens with two attached hydrogens (primary N) is 1. The molecule has 0 atom stereocenters. The number of hydrogen-bond acceptors (Lipinski definition) is 3. The van der Waals surface area contributed by atoms with Crippen LogP contribution in [0.1, 0.15) is 0 Å². The molecule has 0 aliphatic heterocycles. The van der Waals surface area contributed by atoms with Crippen LogP contribution in [0.4, 0.5) is 4.79 Å². The number of rotatable bonds is 5. The first-order valence-electron chi connectivity index (χ1n) is 5.62. The highest BCUT2D eigenvalue weighted by atomic mass is 35.5. The van der Waals surface area contributed by atoms with E-state index in [4.69, 9.17) is 10.8 Å². The van der Waals surface area contributed by atoms with Gasteiger partial charge in [-0.2, -0.15) is 0 Å². The summed E-state index contributed by atoms with van der Waals surface area (Å²) in [6.45, 7) is 2.28. The first-order valence-corrected chi connectivity index (χ1v) is 5.62. The molecule has 18 heavy (non-hydrogen) atoms. The minimum atomic E-state index is -0.701. The van der Waals surface area contributed by atoms with Crippen LogP contribution in [-0.4, -0.2) is 88.8 Å². The van der Waals surface area contributed by atoms with E-state index in [-0.39, 0.29) is 19.0 Å². The van der Waals surface area contributed by atoms with Crippen LogP contribution in [0.3, 0.4) is 0 Å². The molecule has 7 heteroatoms. The number of amides is 1. The van der Waals surface area contributed by atoms with E-state index in [9.17, 15) is 4.79 Å². The lowest BCUT2D eigenvalue weighted by Crippen LogP contribution is -2.38. The fourth-order valence-corrected chi connectivity index (χ4v) is 0.720. The largest absolute Gasteiger partial charge is 0.444 e. The highest BCUT2D eigenvalue weighted by Gasteiger charge is 2.06. The third-order valence-corrected chi connectivity index (χ3v) is 1.78. The maximum Gasteiger partial charge on any atom is 0.404 e. The lowest BCUT2D eigenvalue weighted by Gasteiger charge is -2.22. The van der Waals surface area contributed by atoms with Crippen molar-refractivity contribution in [2.75, 3.05) is 68.6 Å². The zero-order valence-corrected chi connectivity index (χ0v) is 13.3. The maximum absolute atomic E-state index is 10.1. The van der Waals surface area contributed by atoms with Crippen LogP contribution in [0.15, 0.2) is 0 Å². The number of carbonyl (C=O) groups is 1. The van der Waals surface area contributed by atoms with Crippen molar-refractivity contribution in [3.63, 3.8) is 0 Å². The molecule has 0 fully saturated rings. The highest BCUT2D eigenvalue weighted by molar-refractivity contribution is 5.85. The summed E-state index contributed by atoms with van der Waals surface area (Å²) >= 11 is 0. The number of hydrogen-bond donors (Lipinski definition) is 2. The van der Waals surface area contributed by atoms with Gasteiger partial charge in [-0.05, 0) is 0 Å². The van der Waals surface area contributed by atoms with Gasteiger partial charge in [0.2, 0.25) is 0 Å². The summed E-state index contributed by atoms with van der Waals surface area (Å²) in [4.78, 5) is 10.1. The van der Waals surface area contributed by atoms with Crippen molar-refractivity contribution >= 4 is 18.5 Å². The number of carbonyl (C=O) groups excluding carboxylic acids is 1. The molecule has 0 bridgehead atoms. The summed E-state index contributed by atoms with van der Waals surface area (Å²) in [7, 11) is 12.2. The zero-order chi connectivity index (χ0) is 14.1. The Labute approximate surface area is 117 Å². The number of ether oxygens (including phenoxy) is 1. The molecule has 6 nitrogen and oxygen atoms in total. The van der Waals surface area contributed by atoms with Gasteiger partial charge in [0.25, 0.3) is 0 Å². The van der Waals surface area contributed by atoms with Crippen LogP contribution in [0.5, 0.6) is 0 Å². The maximum atomic E-state index is 10.1. The molecule has 0 aliphatic rings. The number of likely N-dealkylation sites (N-methyl/N-ethyl adjacent to an activating group) is 2. The van der Waals surface area contributed by atoms with E-state index in [2.05, 4.69) is 25.9 Å². The quantitative estimate of drug-likeness (QED) is 0.694. The molecular formula is C11H30ClN3O3+2. The number of primary amides is 1. The SMILES string of the molecule is C[N+](C)(C)CCO.C[N+](C)(C)CCOC(N)=O.Cl. The molecule has 0 heterocycles. The van der Waals surface area contributed by atoms with Crippen LogP contribution in [0, 0.1) is 0 Å². The van der Waals surface area contributed by atoms with Crippen LogP contribution in [0.25, 0.3) is 0 Å². The van der Waals surface area contributed by atoms with Gasteiger partial charge < -0.3 is 24.5 Å². The first-order chi connectivity index (χ1) is 7.48. The summed E-state index contributed by atoms with van der Waals surface area (Å²) < 4.78 is 6.16. The van der Waals surface area contributed by atoms with Crippen molar-refractivity contribution < 1.29 is 23.6 Å². The molecule has 0 saturated heterocycles. The highest BCUT2D eigenvalue weighted by Crippen LogP contribution is 1.88. The molecule has 0 aromatic rings. The van der Waals surface area contributed by atoms with Gasteiger partial charge in [0, 0.05) is 0 Å². The lowest BCUT2D eigenvalue weighted by atomic mass is 10.5. The Morgan fingerprint density at radius 2 is 1.44 bits per heavy atom. The molecule has 0 unspecified atom stereocenters. The predicted molar refractivity (Wildman–Crippen MR) is 75.7 cm³/mol. The second kappa shape index (κ2) is 10.4. The third kappa shape index (κ3) is 29.5. The third-order valence-electron chi connectivity index (χ3n) is 1.78. The number of quaternary nitrogens is 2. The lowest BCUT2D eigenvalue weighted by molar-refractivity contribution is -0.870. The number of aliphatic hydroxyl groups is 1. The van der Waals surface area contributed by atoms with Crippen molar-refractivity contribution in [3.05, 3.63) is 0 Å². The zero-order valence-electron chi connectivity index (χ0n) is 12.5. The van der Waals surface area contributed by atoms with Gasteiger partial charge in [0.15, 0.2) is 0 Å². The van der Waals surface area contributed by atoms with Gasteiger partial charge in [-0.15, -0.1) is 12.4 Å². The average molecular weight is 288 g/mol. The van der Waals surface area contributed by atoms with Gasteiger partial charge in [0.05, 0.1) is 48.9 Å². The fraction of sp³-hybridized carbons (Fsp3) is 0.909. The number of nitrogens with zero attached hydrogens (tertiary/aromatic N) is 2. The predicted octanol–water partition coefficient (Wildman–Crippen LogP) is -0.105. The average Bonchev–Trinajstić information content (AvgIpc) is 1.98. The van der Waals surface area contributed by atoms with Crippen molar-refractivity contribution in [1.29, 1.82) is 0 Å². The molecule has 3 N–H and O–H groups in total. The van der Waals surface area contributed by atoms with E-state index in [1.54, 1.807) is 0 Å². The van der Waals surface area contributed by atoms with Crippen molar-refractivity contribution in [2.45, 2.75) is 0 Å². The van der Waals surface area contributed by atoms with Crippen LogP contribution >= 0.6 is 12.4 Å². The Morgan fingerprint density at radius 3 is 1.61 bits per heavy atom. The summed E-state index contributed by atoms with van der Waals surface area (Å²) in [6, 6.07) is 0. The Morgan fingerprint density at radius 1 is 1.06 bits per heavy atom. The number of halogens is 1. The van der Waals surface area contributed by atoms with Gasteiger partial charge in [0.1, 0.15) is 19.7 Å². The van der Waals surface area contributed by atoms with Crippen molar-refractivity contribution in [3.8, 4) is 0 Å². The van der Waals surface area contributed by atoms with Gasteiger partial charge >= 0.3 is 6.09 Å². The Hall–Kier alpha value is -0.560. The molecule has 0 rings (SSSR count). The van der Waals surface area contributed by atoms with E-state index in [1.165, 1.54) is 0 Å². The standard InChI is InChI=1S/C6H14N2O2.C5H14NO.ClH/c1-8(2,3)4-5-10-6(7)9;1-6(2,3)4-5-7;/h4-5H2,1-3H3,(H-,7,9);7H,4-5H2,1-3H3;1H/q;+1;/p+1. The van der Waals surface area contributed by atoms with Crippen LogP contribution in [0.2, 0.25) is 0 Å². The monoisotopic (exact) mass is 287 g/mol. The molecule has 0 radical (unpaired) electrons. The molecule has 0 spiro atoms. The number of aliphatic hydroxyl groups excluding tert-OH is 1. The summed E-state index contributed by atoms with van der Waals surface area (Å²) in [5.74, 6) is 0. The van der Waals surface area contributed by atoms with Crippen LogP contribution in [-0.2, 0) is 4.74 Å². The smallest absolute Gasteiger partial charge is 0.404 e. The van der Waals surface area contributed by atoms with Gasteiger partial charge in [-0.1, -0.05) is 0 Å². The normalized spacial score (nSPS) is 10.8. The molecule has 112 valence electrons. The van der Waals surface area contributed by atoms with Gasteiger partial charge in [-0.3, -0.25) is 0 Å². The topological polar surface area (TPSA) is 72.6 Å². The summed E-state index contributed by atoms with van der Waals surface area (Å²) in [5.41, 5.74) is 4.75. The van der Waals surface area contributed by atoms with E-state index in [0.29, 0.717) is 6.61 Å². The van der Waals surface area contributed by atoms with E-state index in [1.807, 2.05) is 21.1 Å². The van der Waals surface area contributed by atoms with E-state index >= 15 is 0 Å². The van der Waals surface area contributed by atoms with Gasteiger partial charge in [-0.25, -0.2) is 4.79 Å². The van der Waals surface area contributed by atoms with Crippen LogP contribution < -0.4 is 5.73 Å². The molecule has 1 amide bonds. The van der Waals surface area contributed by atoms with E-state index < -0.39 is 6.09 Å². The molecule has 0 aliphatic carbocycles. The second-order valence-electron chi connectivity index (χ2n) is 5.92. The van der Waals surface area contributed by atoms with Crippen molar-refractivity contribution in [1.82, 2.24) is 0 Å². The molecule has 0 saturated carbocycles. The Bertz CT molecular complexity index is 213. The van der Waals surface area contributed by atoms with Crippen molar-refractivity contribution in [2.24, 2.45) is 5.73 Å². The molecule has 0 aromatic carbocycles. The molecular weight excluding hydrogens is 258 g/mol.